The Morgan fingerprint density at radius 2 is 2.00 bits per heavy atom. The minimum absolute atomic E-state index is 0.524. The zero-order valence-corrected chi connectivity index (χ0v) is 10.2. The van der Waals surface area contributed by atoms with E-state index in [0.29, 0.717) is 4.83 Å². The third-order valence-electron chi connectivity index (χ3n) is 2.08. The lowest BCUT2D eigenvalue weighted by Crippen LogP contribution is -2.07. The summed E-state index contributed by atoms with van der Waals surface area (Å²) in [6, 6.07) is 10.5. The molecule has 0 saturated carbocycles. The van der Waals surface area contributed by atoms with Crippen LogP contribution in [0.5, 0.6) is 0 Å². The highest BCUT2D eigenvalue weighted by atomic mass is 79.9. The van der Waals surface area contributed by atoms with Crippen molar-refractivity contribution < 1.29 is 4.74 Å². The van der Waals surface area contributed by atoms with Crippen LogP contribution in [0.3, 0.4) is 0 Å². The fraction of sp³-hybridized carbons (Fsp3) is 0.500. The Bertz CT molecular complexity index is 235. The lowest BCUT2D eigenvalue weighted by atomic mass is 10.1. The van der Waals surface area contributed by atoms with E-state index < -0.39 is 0 Å². The maximum Gasteiger partial charge on any atom is 0.0476 e. The van der Waals surface area contributed by atoms with Crippen LogP contribution in [0.25, 0.3) is 0 Å². The monoisotopic (exact) mass is 256 g/mol. The molecule has 0 spiro atoms. The number of alkyl halides is 1. The minimum Gasteiger partial charge on any atom is -0.382 e. The predicted octanol–water partition coefficient (Wildman–Crippen LogP) is 3.42. The summed E-state index contributed by atoms with van der Waals surface area (Å²) in [7, 11) is 0. The summed E-state index contributed by atoms with van der Waals surface area (Å²) in [4.78, 5) is 0.524. The van der Waals surface area contributed by atoms with Crippen LogP contribution in [0.2, 0.25) is 0 Å². The van der Waals surface area contributed by atoms with Gasteiger partial charge in [-0.3, -0.25) is 0 Å². The zero-order chi connectivity index (χ0) is 10.2. The van der Waals surface area contributed by atoms with Crippen LogP contribution >= 0.6 is 15.9 Å². The maximum atomic E-state index is 5.31. The van der Waals surface area contributed by atoms with Gasteiger partial charge in [0.15, 0.2) is 0 Å². The van der Waals surface area contributed by atoms with E-state index in [1.165, 1.54) is 5.56 Å². The molecule has 0 aromatic heterocycles. The Hall–Kier alpha value is -0.340. The van der Waals surface area contributed by atoms with Crippen molar-refractivity contribution in [3.8, 4) is 0 Å². The number of rotatable bonds is 6. The summed E-state index contributed by atoms with van der Waals surface area (Å²) in [6.45, 7) is 3.69. The van der Waals surface area contributed by atoms with Crippen molar-refractivity contribution in [2.45, 2.75) is 24.6 Å². The predicted molar refractivity (Wildman–Crippen MR) is 64.0 cm³/mol. The number of halogens is 1. The SMILES string of the molecule is CCOCCC(Br)Cc1ccccc1. The first-order valence-corrected chi connectivity index (χ1v) is 6.00. The molecule has 0 fully saturated rings. The van der Waals surface area contributed by atoms with Gasteiger partial charge in [0.25, 0.3) is 0 Å². The van der Waals surface area contributed by atoms with Crippen molar-refractivity contribution in [2.75, 3.05) is 13.2 Å². The number of benzene rings is 1. The lowest BCUT2D eigenvalue weighted by Gasteiger charge is -2.09. The van der Waals surface area contributed by atoms with E-state index in [1.54, 1.807) is 0 Å². The third kappa shape index (κ3) is 4.77. The van der Waals surface area contributed by atoms with Gasteiger partial charge in [-0.15, -0.1) is 0 Å². The van der Waals surface area contributed by atoms with Crippen molar-refractivity contribution in [1.29, 1.82) is 0 Å². The summed E-state index contributed by atoms with van der Waals surface area (Å²) >= 11 is 3.66. The van der Waals surface area contributed by atoms with E-state index >= 15 is 0 Å². The fourth-order valence-electron chi connectivity index (χ4n) is 1.33. The van der Waals surface area contributed by atoms with E-state index in [9.17, 15) is 0 Å². The van der Waals surface area contributed by atoms with Gasteiger partial charge < -0.3 is 4.74 Å². The van der Waals surface area contributed by atoms with Crippen molar-refractivity contribution in [2.24, 2.45) is 0 Å². The molecule has 1 aromatic rings. The molecule has 0 aliphatic carbocycles. The van der Waals surface area contributed by atoms with Gasteiger partial charge in [0.1, 0.15) is 0 Å². The summed E-state index contributed by atoms with van der Waals surface area (Å²) in [5, 5.41) is 0. The van der Waals surface area contributed by atoms with Crippen molar-refractivity contribution in [3.63, 3.8) is 0 Å². The van der Waals surface area contributed by atoms with Gasteiger partial charge in [-0.25, -0.2) is 0 Å². The molecule has 0 aliphatic heterocycles. The van der Waals surface area contributed by atoms with Gasteiger partial charge in [-0.05, 0) is 25.3 Å². The van der Waals surface area contributed by atoms with Gasteiger partial charge in [0.05, 0.1) is 0 Å². The minimum atomic E-state index is 0.524. The molecule has 1 aromatic carbocycles. The Morgan fingerprint density at radius 3 is 2.64 bits per heavy atom. The molecule has 0 aliphatic rings. The number of hydrogen-bond acceptors (Lipinski definition) is 1. The van der Waals surface area contributed by atoms with E-state index in [-0.39, 0.29) is 0 Å². The molecule has 0 N–H and O–H groups in total. The Morgan fingerprint density at radius 1 is 1.29 bits per heavy atom. The van der Waals surface area contributed by atoms with E-state index in [2.05, 4.69) is 40.2 Å². The highest BCUT2D eigenvalue weighted by Crippen LogP contribution is 2.13. The average molecular weight is 257 g/mol. The molecule has 0 bridgehead atoms. The van der Waals surface area contributed by atoms with Gasteiger partial charge >= 0.3 is 0 Å². The molecule has 0 saturated heterocycles. The first-order valence-electron chi connectivity index (χ1n) is 5.08. The number of ether oxygens (including phenoxy) is 1. The summed E-state index contributed by atoms with van der Waals surface area (Å²) in [5.41, 5.74) is 1.38. The standard InChI is InChI=1S/C12H17BrO/c1-2-14-9-8-12(13)10-11-6-4-3-5-7-11/h3-7,12H,2,8-10H2,1H3. The van der Waals surface area contributed by atoms with Gasteiger partial charge in [0, 0.05) is 18.0 Å². The molecule has 0 radical (unpaired) electrons. The van der Waals surface area contributed by atoms with Gasteiger partial charge in [-0.2, -0.15) is 0 Å². The largest absolute Gasteiger partial charge is 0.382 e. The Kier molecular flexibility index (Phi) is 5.88. The van der Waals surface area contributed by atoms with Crippen LogP contribution in [0.4, 0.5) is 0 Å². The molecule has 1 rings (SSSR count). The van der Waals surface area contributed by atoms with Crippen LogP contribution < -0.4 is 0 Å². The third-order valence-corrected chi connectivity index (χ3v) is 2.86. The van der Waals surface area contributed by atoms with Crippen LogP contribution in [0.1, 0.15) is 18.9 Å². The maximum absolute atomic E-state index is 5.31. The van der Waals surface area contributed by atoms with Crippen molar-refractivity contribution in [3.05, 3.63) is 35.9 Å². The summed E-state index contributed by atoms with van der Waals surface area (Å²) in [5.74, 6) is 0. The molecule has 14 heavy (non-hydrogen) atoms. The highest BCUT2D eigenvalue weighted by molar-refractivity contribution is 9.09. The molecule has 1 unspecified atom stereocenters. The quantitative estimate of drug-likeness (QED) is 0.560. The molecule has 2 heteroatoms. The van der Waals surface area contributed by atoms with E-state index in [0.717, 1.165) is 26.1 Å². The zero-order valence-electron chi connectivity index (χ0n) is 8.58. The molecule has 1 nitrogen and oxygen atoms in total. The molecule has 78 valence electrons. The normalized spacial score (nSPS) is 12.7. The second-order valence-electron chi connectivity index (χ2n) is 3.27. The number of hydrogen-bond donors (Lipinski definition) is 0. The van der Waals surface area contributed by atoms with Gasteiger partial charge in [0.2, 0.25) is 0 Å². The van der Waals surface area contributed by atoms with Crippen LogP contribution in [0, 0.1) is 0 Å². The first-order chi connectivity index (χ1) is 6.83. The lowest BCUT2D eigenvalue weighted by molar-refractivity contribution is 0.145. The van der Waals surface area contributed by atoms with Crippen LogP contribution in [0.15, 0.2) is 30.3 Å². The first kappa shape index (κ1) is 11.7. The Labute approximate surface area is 94.6 Å². The average Bonchev–Trinajstić information content (AvgIpc) is 2.20. The molecule has 1 atom stereocenters. The van der Waals surface area contributed by atoms with Crippen molar-refractivity contribution in [1.82, 2.24) is 0 Å². The van der Waals surface area contributed by atoms with E-state index in [4.69, 9.17) is 4.74 Å². The second kappa shape index (κ2) is 7.02. The summed E-state index contributed by atoms with van der Waals surface area (Å²) < 4.78 is 5.31. The van der Waals surface area contributed by atoms with Gasteiger partial charge in [-0.1, -0.05) is 46.3 Å². The highest BCUT2D eigenvalue weighted by Gasteiger charge is 2.04. The summed E-state index contributed by atoms with van der Waals surface area (Å²) in [6.07, 6.45) is 2.15. The molecular formula is C12H17BrO. The molecule has 0 heterocycles. The van der Waals surface area contributed by atoms with Crippen LogP contribution in [-0.2, 0) is 11.2 Å². The van der Waals surface area contributed by atoms with E-state index in [1.807, 2.05) is 13.0 Å². The molecule has 0 amide bonds. The topological polar surface area (TPSA) is 9.23 Å². The smallest absolute Gasteiger partial charge is 0.0476 e. The fourth-order valence-corrected chi connectivity index (χ4v) is 1.89. The van der Waals surface area contributed by atoms with Crippen molar-refractivity contribution >= 4 is 15.9 Å². The molecular weight excluding hydrogens is 240 g/mol. The van der Waals surface area contributed by atoms with Crippen LogP contribution in [-0.4, -0.2) is 18.0 Å². The second-order valence-corrected chi connectivity index (χ2v) is 4.57. The Balaban J connectivity index is 2.23.